The number of hydrogen-bond donors (Lipinski definition) is 0. The van der Waals surface area contributed by atoms with Gasteiger partial charge < -0.3 is 4.74 Å². The molecule has 1 saturated heterocycles. The molecule has 2 aliphatic carbocycles. The maximum Gasteiger partial charge on any atom is 0.0998 e. The van der Waals surface area contributed by atoms with Crippen LogP contribution in [0.3, 0.4) is 0 Å². The van der Waals surface area contributed by atoms with Gasteiger partial charge in [0.25, 0.3) is 0 Å². The summed E-state index contributed by atoms with van der Waals surface area (Å²) in [7, 11) is 0. The van der Waals surface area contributed by atoms with Crippen molar-refractivity contribution < 1.29 is 4.74 Å². The van der Waals surface area contributed by atoms with Gasteiger partial charge >= 0.3 is 0 Å². The Hall–Kier alpha value is -1.59. The van der Waals surface area contributed by atoms with E-state index < -0.39 is 0 Å². The predicted molar refractivity (Wildman–Crippen MR) is 64.1 cm³/mol. The van der Waals surface area contributed by atoms with Gasteiger partial charge in [0.15, 0.2) is 0 Å². The number of benzene rings is 1. The van der Waals surface area contributed by atoms with Gasteiger partial charge in [-0.1, -0.05) is 24.3 Å². The number of ether oxygens (including phenoxy) is 1. The Kier molecular flexibility index (Phi) is 1.78. The lowest BCUT2D eigenvalue weighted by atomic mass is 9.54. The number of nitrogens with zero attached hydrogens (tertiary/aromatic N) is 1. The fraction of sp³-hybridized carbons (Fsp3) is 0.400. The Labute approximate surface area is 101 Å². The van der Waals surface area contributed by atoms with Gasteiger partial charge in [0, 0.05) is 0 Å². The first-order valence-corrected chi connectivity index (χ1v) is 6.20. The van der Waals surface area contributed by atoms with Crippen molar-refractivity contribution >= 4 is 5.57 Å². The topological polar surface area (TPSA) is 33.0 Å². The highest BCUT2D eigenvalue weighted by atomic mass is 16.5. The molecule has 1 aromatic carbocycles. The van der Waals surface area contributed by atoms with Crippen molar-refractivity contribution in [2.45, 2.75) is 12.3 Å². The van der Waals surface area contributed by atoms with Crippen molar-refractivity contribution in [2.24, 2.45) is 11.8 Å². The van der Waals surface area contributed by atoms with E-state index in [4.69, 9.17) is 4.74 Å². The van der Waals surface area contributed by atoms with Gasteiger partial charge in [-0.25, -0.2) is 0 Å². The standard InChI is InChI=1S/C15H13NO/c16-6-13-11-4-2-1-3-10(11)12-5-9-7-17-8-14(13)15(9)12/h1-4,9,12,15H,5,7-8H2/t9-,12+,15?/m1/s1. The number of hydrogen-bond acceptors (Lipinski definition) is 2. The van der Waals surface area contributed by atoms with Crippen LogP contribution in [0.15, 0.2) is 29.8 Å². The molecule has 0 N–H and O–H groups in total. The minimum Gasteiger partial charge on any atom is -0.377 e. The first kappa shape index (κ1) is 9.44. The second-order valence-corrected chi connectivity index (χ2v) is 5.24. The number of fused-ring (bicyclic) bond motifs is 2. The summed E-state index contributed by atoms with van der Waals surface area (Å²) in [5, 5.41) is 9.41. The Bertz CT molecular complexity index is 567. The van der Waals surface area contributed by atoms with Crippen LogP contribution in [-0.2, 0) is 4.74 Å². The van der Waals surface area contributed by atoms with Gasteiger partial charge in [0.1, 0.15) is 0 Å². The van der Waals surface area contributed by atoms with Crippen molar-refractivity contribution in [3.05, 3.63) is 41.0 Å². The van der Waals surface area contributed by atoms with E-state index in [1.165, 1.54) is 17.6 Å². The maximum absolute atomic E-state index is 9.41. The monoisotopic (exact) mass is 223 g/mol. The smallest absolute Gasteiger partial charge is 0.0998 e. The predicted octanol–water partition coefficient (Wildman–Crippen LogP) is 2.73. The molecule has 1 aromatic rings. The van der Waals surface area contributed by atoms with E-state index in [1.54, 1.807) is 0 Å². The molecule has 1 unspecified atom stereocenters. The average molecular weight is 223 g/mol. The second kappa shape index (κ2) is 3.21. The van der Waals surface area contributed by atoms with Gasteiger partial charge in [0.2, 0.25) is 0 Å². The molecule has 0 spiro atoms. The van der Waals surface area contributed by atoms with E-state index in [1.807, 2.05) is 6.07 Å². The third-order valence-corrected chi connectivity index (χ3v) is 4.55. The number of allylic oxidation sites excluding steroid dienone is 1. The molecule has 0 radical (unpaired) electrons. The largest absolute Gasteiger partial charge is 0.377 e. The highest BCUT2D eigenvalue weighted by Gasteiger charge is 2.50. The fourth-order valence-electron chi connectivity index (χ4n) is 3.78. The van der Waals surface area contributed by atoms with Crippen LogP contribution in [0.4, 0.5) is 0 Å². The molecular weight excluding hydrogens is 210 g/mol. The van der Waals surface area contributed by atoms with Crippen molar-refractivity contribution in [3.8, 4) is 6.07 Å². The van der Waals surface area contributed by atoms with Gasteiger partial charge in [-0.3, -0.25) is 0 Å². The van der Waals surface area contributed by atoms with Crippen LogP contribution in [0.1, 0.15) is 23.5 Å². The molecule has 2 nitrogen and oxygen atoms in total. The Balaban J connectivity index is 1.98. The molecule has 84 valence electrons. The summed E-state index contributed by atoms with van der Waals surface area (Å²) in [6, 6.07) is 10.8. The van der Waals surface area contributed by atoms with Crippen LogP contribution in [-0.4, -0.2) is 13.2 Å². The van der Waals surface area contributed by atoms with E-state index in [-0.39, 0.29) is 0 Å². The summed E-state index contributed by atoms with van der Waals surface area (Å²) >= 11 is 0. The minimum atomic E-state index is 0.591. The van der Waals surface area contributed by atoms with Crippen molar-refractivity contribution in [3.63, 3.8) is 0 Å². The van der Waals surface area contributed by atoms with Crippen LogP contribution >= 0.6 is 0 Å². The summed E-state index contributed by atoms with van der Waals surface area (Å²) < 4.78 is 5.63. The molecule has 4 rings (SSSR count). The van der Waals surface area contributed by atoms with E-state index in [0.717, 1.165) is 17.7 Å². The molecule has 3 atom stereocenters. The summed E-state index contributed by atoms with van der Waals surface area (Å²) in [4.78, 5) is 0. The molecule has 2 fully saturated rings. The molecule has 0 aromatic heterocycles. The highest BCUT2D eigenvalue weighted by molar-refractivity contribution is 5.84. The van der Waals surface area contributed by atoms with Crippen molar-refractivity contribution in [1.29, 1.82) is 5.26 Å². The first-order valence-electron chi connectivity index (χ1n) is 6.20. The SMILES string of the molecule is N#CC1=C2COC[C@H]3C[C@@H](c4ccccc41)C23. The molecule has 0 bridgehead atoms. The van der Waals surface area contributed by atoms with Crippen LogP contribution in [0.2, 0.25) is 0 Å². The Morgan fingerprint density at radius 2 is 2.18 bits per heavy atom. The third kappa shape index (κ3) is 1.08. The first-order chi connectivity index (χ1) is 8.40. The minimum absolute atomic E-state index is 0.591. The molecule has 17 heavy (non-hydrogen) atoms. The maximum atomic E-state index is 9.41. The van der Waals surface area contributed by atoms with Crippen LogP contribution in [0.5, 0.6) is 0 Å². The molecule has 3 aliphatic rings. The molecule has 0 amide bonds. The zero-order valence-electron chi connectivity index (χ0n) is 9.52. The number of rotatable bonds is 0. The fourth-order valence-corrected chi connectivity index (χ4v) is 3.78. The molecule has 2 heteroatoms. The highest BCUT2D eigenvalue weighted by Crippen LogP contribution is 2.58. The average Bonchev–Trinajstić information content (AvgIpc) is 2.34. The van der Waals surface area contributed by atoms with Gasteiger partial charge in [-0.15, -0.1) is 0 Å². The lowest BCUT2D eigenvalue weighted by Crippen LogP contribution is -2.46. The molecule has 1 heterocycles. The third-order valence-electron chi connectivity index (χ3n) is 4.55. The summed E-state index contributed by atoms with van der Waals surface area (Å²) in [5.41, 5.74) is 4.68. The van der Waals surface area contributed by atoms with Crippen molar-refractivity contribution in [1.82, 2.24) is 0 Å². The zero-order chi connectivity index (χ0) is 11.4. The van der Waals surface area contributed by atoms with Crippen LogP contribution < -0.4 is 0 Å². The normalized spacial score (nSPS) is 33.2. The van der Waals surface area contributed by atoms with Crippen LogP contribution in [0.25, 0.3) is 5.57 Å². The summed E-state index contributed by atoms with van der Waals surface area (Å²) in [6.07, 6.45) is 1.23. The molecular formula is C15H13NO. The van der Waals surface area contributed by atoms with Gasteiger partial charge in [-0.2, -0.15) is 5.26 Å². The molecule has 1 aliphatic heterocycles. The quantitative estimate of drug-likeness (QED) is 0.677. The summed E-state index contributed by atoms with van der Waals surface area (Å²) in [5.74, 6) is 1.89. The van der Waals surface area contributed by atoms with E-state index in [9.17, 15) is 5.26 Å². The van der Waals surface area contributed by atoms with Gasteiger partial charge in [0.05, 0.1) is 24.9 Å². The Morgan fingerprint density at radius 3 is 3.06 bits per heavy atom. The van der Waals surface area contributed by atoms with E-state index in [0.29, 0.717) is 24.4 Å². The lowest BCUT2D eigenvalue weighted by Gasteiger charge is -2.52. The van der Waals surface area contributed by atoms with Crippen molar-refractivity contribution in [2.75, 3.05) is 13.2 Å². The van der Waals surface area contributed by atoms with E-state index in [2.05, 4.69) is 24.3 Å². The second-order valence-electron chi connectivity index (χ2n) is 5.24. The zero-order valence-corrected chi connectivity index (χ0v) is 9.52. The van der Waals surface area contributed by atoms with E-state index >= 15 is 0 Å². The summed E-state index contributed by atoms with van der Waals surface area (Å²) in [6.45, 7) is 1.54. The van der Waals surface area contributed by atoms with Crippen LogP contribution in [0, 0.1) is 23.2 Å². The molecule has 1 saturated carbocycles. The number of nitriles is 1. The van der Waals surface area contributed by atoms with Gasteiger partial charge in [-0.05, 0) is 40.9 Å². The lowest BCUT2D eigenvalue weighted by molar-refractivity contribution is -0.00716. The Morgan fingerprint density at radius 1 is 1.29 bits per heavy atom.